The van der Waals surface area contributed by atoms with Gasteiger partial charge in [0.1, 0.15) is 0 Å². The molecular formula is C14H14F2N2O4Zn. The predicted octanol–water partition coefficient (Wildman–Crippen LogP) is -1.80. The smallest absolute Gasteiger partial charge is 0.545 e. The van der Waals surface area contributed by atoms with Gasteiger partial charge in [0.05, 0.1) is 11.9 Å². The van der Waals surface area contributed by atoms with E-state index in [9.17, 15) is 28.6 Å². The monoisotopic (exact) mass is 376 g/mol. The van der Waals surface area contributed by atoms with Crippen LogP contribution in [0.15, 0.2) is 48.6 Å². The van der Waals surface area contributed by atoms with E-state index >= 15 is 0 Å². The topological polar surface area (TPSA) is 132 Å². The number of carbonyl (C=O) groups is 2. The first kappa shape index (κ1) is 21.3. The number of alkyl halides is 2. The standard InChI is InChI=1S/2C7H8FNO2.Zn/c2*8-7(9,6(10)11)5-3-1-2-4-5;/h2*1-5H,9H2,(H,10,11);/q;;+2/p-2. The van der Waals surface area contributed by atoms with E-state index in [2.05, 4.69) is 0 Å². The van der Waals surface area contributed by atoms with Crippen molar-refractivity contribution in [2.75, 3.05) is 0 Å². The first-order chi connectivity index (χ1) is 10.1. The Bertz CT molecular complexity index is 497. The Hall–Kier alpha value is -1.70. The number of carboxylic acids is 2. The Balaban J connectivity index is 0.000000403. The molecule has 0 spiro atoms. The number of nitrogens with two attached hydrogens (primary N) is 2. The fraction of sp³-hybridized carbons (Fsp3) is 0.286. The van der Waals surface area contributed by atoms with Gasteiger partial charge in [-0.25, -0.2) is 8.78 Å². The van der Waals surface area contributed by atoms with Gasteiger partial charge in [-0.3, -0.25) is 11.5 Å². The van der Waals surface area contributed by atoms with Crippen LogP contribution < -0.4 is 21.7 Å². The van der Waals surface area contributed by atoms with E-state index in [1.807, 2.05) is 0 Å². The molecule has 2 aliphatic carbocycles. The summed E-state index contributed by atoms with van der Waals surface area (Å²) >= 11 is 0. The molecule has 2 atom stereocenters. The van der Waals surface area contributed by atoms with Crippen molar-refractivity contribution in [2.24, 2.45) is 23.3 Å². The third-order valence-corrected chi connectivity index (χ3v) is 3.09. The Morgan fingerprint density at radius 1 is 0.783 bits per heavy atom. The van der Waals surface area contributed by atoms with Crippen LogP contribution in [0.3, 0.4) is 0 Å². The summed E-state index contributed by atoms with van der Waals surface area (Å²) in [5, 5.41) is 20.3. The van der Waals surface area contributed by atoms with Gasteiger partial charge in [0.15, 0.2) is 0 Å². The zero-order valence-electron chi connectivity index (χ0n) is 12.0. The molecule has 0 aromatic rings. The van der Waals surface area contributed by atoms with Gasteiger partial charge in [0, 0.05) is 11.8 Å². The summed E-state index contributed by atoms with van der Waals surface area (Å²) in [5.74, 6) is -11.2. The van der Waals surface area contributed by atoms with Crippen LogP contribution in [-0.4, -0.2) is 23.5 Å². The second-order valence-electron chi connectivity index (χ2n) is 4.70. The molecule has 0 bridgehead atoms. The molecule has 0 amide bonds. The van der Waals surface area contributed by atoms with Gasteiger partial charge in [-0.05, 0) is 0 Å². The maximum atomic E-state index is 12.9. The number of aliphatic carboxylic acids is 2. The van der Waals surface area contributed by atoms with E-state index in [4.69, 9.17) is 11.5 Å². The van der Waals surface area contributed by atoms with Gasteiger partial charge in [-0.2, -0.15) is 0 Å². The summed E-state index contributed by atoms with van der Waals surface area (Å²) in [5.41, 5.74) is 9.67. The van der Waals surface area contributed by atoms with Crippen molar-refractivity contribution in [1.29, 1.82) is 0 Å². The minimum Gasteiger partial charge on any atom is -0.545 e. The zero-order valence-corrected chi connectivity index (χ0v) is 15.0. The summed E-state index contributed by atoms with van der Waals surface area (Å²) in [6.45, 7) is 0. The van der Waals surface area contributed by atoms with Gasteiger partial charge < -0.3 is 19.8 Å². The first-order valence-electron chi connectivity index (χ1n) is 6.18. The molecule has 23 heavy (non-hydrogen) atoms. The second kappa shape index (κ2) is 8.24. The molecule has 4 N–H and O–H groups in total. The van der Waals surface area contributed by atoms with E-state index in [1.54, 1.807) is 0 Å². The summed E-state index contributed by atoms with van der Waals surface area (Å²) in [4.78, 5) is 20.3. The molecule has 0 fully saturated rings. The number of hydrogen-bond acceptors (Lipinski definition) is 6. The molecule has 0 aromatic heterocycles. The summed E-state index contributed by atoms with van der Waals surface area (Å²) in [7, 11) is 0. The summed E-state index contributed by atoms with van der Waals surface area (Å²) < 4.78 is 25.9. The molecule has 0 radical (unpaired) electrons. The van der Waals surface area contributed by atoms with Crippen LogP contribution in [-0.2, 0) is 29.1 Å². The van der Waals surface area contributed by atoms with Crippen molar-refractivity contribution >= 4 is 11.9 Å². The summed E-state index contributed by atoms with van der Waals surface area (Å²) in [6.07, 6.45) is 11.6. The molecule has 0 aromatic carbocycles. The van der Waals surface area contributed by atoms with Crippen molar-refractivity contribution in [3.8, 4) is 0 Å². The number of carbonyl (C=O) groups excluding carboxylic acids is 2. The van der Waals surface area contributed by atoms with Crippen molar-refractivity contribution in [2.45, 2.75) is 11.6 Å². The SMILES string of the molecule is NC(F)(C(=O)[O-])C1C=CC=C1.NC(F)(C(=O)[O-])C1C=CC=C1.[Zn+2]. The molecule has 0 heterocycles. The maximum Gasteiger partial charge on any atom is 2.00 e. The fourth-order valence-corrected chi connectivity index (χ4v) is 1.70. The van der Waals surface area contributed by atoms with Crippen molar-refractivity contribution in [1.82, 2.24) is 0 Å². The fourth-order valence-electron chi connectivity index (χ4n) is 1.70. The number of carboxylic acid groups (broad SMARTS) is 2. The molecule has 0 aliphatic heterocycles. The predicted molar refractivity (Wildman–Crippen MR) is 69.6 cm³/mol. The van der Waals surface area contributed by atoms with E-state index < -0.39 is 35.4 Å². The number of allylic oxidation sites excluding steroid dienone is 4. The van der Waals surface area contributed by atoms with E-state index in [0.29, 0.717) is 0 Å². The molecule has 2 rings (SSSR count). The van der Waals surface area contributed by atoms with Crippen LogP contribution in [0.25, 0.3) is 0 Å². The third kappa shape index (κ3) is 5.16. The molecule has 9 heteroatoms. The van der Waals surface area contributed by atoms with Gasteiger partial charge in [-0.1, -0.05) is 48.6 Å². The Morgan fingerprint density at radius 2 is 1.00 bits per heavy atom. The van der Waals surface area contributed by atoms with E-state index in [-0.39, 0.29) is 19.5 Å². The quantitative estimate of drug-likeness (QED) is 0.439. The minimum absolute atomic E-state index is 0. The average Bonchev–Trinajstić information content (AvgIpc) is 3.13. The third-order valence-electron chi connectivity index (χ3n) is 3.09. The van der Waals surface area contributed by atoms with Crippen LogP contribution in [0.4, 0.5) is 8.78 Å². The molecular weight excluding hydrogens is 364 g/mol. The molecule has 120 valence electrons. The maximum absolute atomic E-state index is 12.9. The van der Waals surface area contributed by atoms with E-state index in [1.165, 1.54) is 48.6 Å². The Morgan fingerprint density at radius 3 is 1.17 bits per heavy atom. The second-order valence-corrected chi connectivity index (χ2v) is 4.70. The van der Waals surface area contributed by atoms with Gasteiger partial charge >= 0.3 is 19.5 Å². The van der Waals surface area contributed by atoms with Crippen LogP contribution in [0, 0.1) is 11.8 Å². The van der Waals surface area contributed by atoms with Crippen LogP contribution in [0.5, 0.6) is 0 Å². The van der Waals surface area contributed by atoms with Crippen LogP contribution in [0.2, 0.25) is 0 Å². The molecule has 6 nitrogen and oxygen atoms in total. The van der Waals surface area contributed by atoms with Gasteiger partial charge in [-0.15, -0.1) is 0 Å². The first-order valence-corrected chi connectivity index (χ1v) is 6.18. The molecule has 2 aliphatic rings. The molecule has 0 saturated carbocycles. The van der Waals surface area contributed by atoms with Crippen LogP contribution >= 0.6 is 0 Å². The van der Waals surface area contributed by atoms with Crippen molar-refractivity contribution < 1.29 is 48.1 Å². The number of hydrogen-bond donors (Lipinski definition) is 2. The van der Waals surface area contributed by atoms with Crippen molar-refractivity contribution in [3.05, 3.63) is 48.6 Å². The van der Waals surface area contributed by atoms with Crippen molar-refractivity contribution in [3.63, 3.8) is 0 Å². The Kier molecular flexibility index (Phi) is 7.63. The largest absolute Gasteiger partial charge is 2.00 e. The molecule has 2 unspecified atom stereocenters. The van der Waals surface area contributed by atoms with Gasteiger partial charge in [0.25, 0.3) is 0 Å². The van der Waals surface area contributed by atoms with Crippen LogP contribution in [0.1, 0.15) is 0 Å². The zero-order chi connectivity index (χ0) is 17.0. The van der Waals surface area contributed by atoms with E-state index in [0.717, 1.165) is 0 Å². The number of halogens is 2. The normalized spacial score (nSPS) is 21.0. The Labute approximate surface area is 144 Å². The van der Waals surface area contributed by atoms with Gasteiger partial charge in [0.2, 0.25) is 11.6 Å². The number of rotatable bonds is 4. The summed E-state index contributed by atoms with van der Waals surface area (Å²) in [6, 6.07) is 0. The minimum atomic E-state index is -2.79. The molecule has 0 saturated heterocycles. The average molecular weight is 378 g/mol.